The number of hydrogen-bond donors (Lipinski definition) is 1. The highest BCUT2D eigenvalue weighted by molar-refractivity contribution is 9.11. The molecule has 1 aromatic heterocycles. The molecule has 1 nitrogen and oxygen atoms in total. The van der Waals surface area contributed by atoms with Crippen LogP contribution >= 0.6 is 27.3 Å². The average molecular weight is 328 g/mol. The fourth-order valence-electron chi connectivity index (χ4n) is 2.03. The molecule has 2 aromatic rings. The van der Waals surface area contributed by atoms with Gasteiger partial charge in [0.1, 0.15) is 5.82 Å². The van der Waals surface area contributed by atoms with E-state index in [1.54, 1.807) is 23.5 Å². The molecule has 1 atom stereocenters. The van der Waals surface area contributed by atoms with Gasteiger partial charge in [-0.05, 0) is 71.7 Å². The number of halogens is 2. The van der Waals surface area contributed by atoms with E-state index in [0.29, 0.717) is 0 Å². The first-order valence-electron chi connectivity index (χ1n) is 5.71. The first-order chi connectivity index (χ1) is 8.51. The van der Waals surface area contributed by atoms with E-state index < -0.39 is 0 Å². The summed E-state index contributed by atoms with van der Waals surface area (Å²) in [6.45, 7) is 3.97. The zero-order chi connectivity index (χ0) is 13.3. The first kappa shape index (κ1) is 13.7. The van der Waals surface area contributed by atoms with Gasteiger partial charge >= 0.3 is 0 Å². The van der Waals surface area contributed by atoms with E-state index in [0.717, 1.165) is 14.9 Å². The summed E-state index contributed by atoms with van der Waals surface area (Å²) >= 11 is 5.22. The van der Waals surface area contributed by atoms with Crippen LogP contribution in [0.25, 0.3) is 0 Å². The molecular formula is C14H15BrFNS. The second-order valence-electron chi connectivity index (χ2n) is 4.39. The molecule has 0 radical (unpaired) electrons. The maximum absolute atomic E-state index is 13.5. The van der Waals surface area contributed by atoms with E-state index in [1.807, 2.05) is 20.0 Å². The van der Waals surface area contributed by atoms with Gasteiger partial charge in [-0.2, -0.15) is 0 Å². The first-order valence-corrected chi connectivity index (χ1v) is 7.32. The van der Waals surface area contributed by atoms with Gasteiger partial charge in [-0.3, -0.25) is 0 Å². The molecule has 1 N–H and O–H groups in total. The molecule has 0 aliphatic heterocycles. The molecule has 1 aromatic carbocycles. The predicted octanol–water partition coefficient (Wildman–Crippen LogP) is 4.58. The lowest BCUT2D eigenvalue weighted by molar-refractivity contribution is 0.616. The van der Waals surface area contributed by atoms with Gasteiger partial charge in [0.05, 0.1) is 9.83 Å². The second kappa shape index (κ2) is 5.51. The van der Waals surface area contributed by atoms with Crippen LogP contribution in [-0.2, 0) is 0 Å². The molecule has 0 fully saturated rings. The lowest BCUT2D eigenvalue weighted by Gasteiger charge is -2.15. The van der Waals surface area contributed by atoms with Crippen molar-refractivity contribution in [2.75, 3.05) is 7.05 Å². The highest BCUT2D eigenvalue weighted by Crippen LogP contribution is 2.34. The van der Waals surface area contributed by atoms with Gasteiger partial charge in [-0.1, -0.05) is 6.07 Å². The Morgan fingerprint density at radius 1 is 1.22 bits per heavy atom. The minimum Gasteiger partial charge on any atom is -0.309 e. The summed E-state index contributed by atoms with van der Waals surface area (Å²) in [5, 5.41) is 3.25. The summed E-state index contributed by atoms with van der Waals surface area (Å²) in [6.07, 6.45) is 0. The Balaban J connectivity index is 2.44. The third-order valence-electron chi connectivity index (χ3n) is 2.85. The Labute approximate surface area is 119 Å². The summed E-state index contributed by atoms with van der Waals surface area (Å²) in [5.41, 5.74) is 3.12. The maximum Gasteiger partial charge on any atom is 0.123 e. The third-order valence-corrected chi connectivity index (χ3v) is 5.05. The Morgan fingerprint density at radius 3 is 2.44 bits per heavy atom. The third kappa shape index (κ3) is 2.82. The van der Waals surface area contributed by atoms with Crippen molar-refractivity contribution in [1.82, 2.24) is 5.32 Å². The topological polar surface area (TPSA) is 12.0 Å². The van der Waals surface area contributed by atoms with Gasteiger partial charge in [0, 0.05) is 4.88 Å². The molecule has 0 bridgehead atoms. The number of benzene rings is 1. The van der Waals surface area contributed by atoms with Crippen molar-refractivity contribution < 1.29 is 4.39 Å². The van der Waals surface area contributed by atoms with E-state index in [-0.39, 0.29) is 11.9 Å². The molecule has 1 unspecified atom stereocenters. The minimum atomic E-state index is -0.183. The number of thiophene rings is 1. The lowest BCUT2D eigenvalue weighted by atomic mass is 10.0. The second-order valence-corrected chi connectivity index (χ2v) is 6.79. The molecule has 0 amide bonds. The smallest absolute Gasteiger partial charge is 0.123 e. The quantitative estimate of drug-likeness (QED) is 0.870. The van der Waals surface area contributed by atoms with Crippen molar-refractivity contribution in [3.8, 4) is 0 Å². The Morgan fingerprint density at radius 2 is 1.94 bits per heavy atom. The highest BCUT2D eigenvalue weighted by atomic mass is 79.9. The normalized spacial score (nSPS) is 12.7. The van der Waals surface area contributed by atoms with Gasteiger partial charge in [-0.25, -0.2) is 4.39 Å². The van der Waals surface area contributed by atoms with Crippen LogP contribution in [0.5, 0.6) is 0 Å². The Bertz CT molecular complexity index is 525. The standard InChI is InChI=1S/C14H15BrFNS/c1-8-4-10(7-11(16)5-8)13(17-3)12-6-9(2)14(15)18-12/h4-7,13,17H,1-3H3. The lowest BCUT2D eigenvalue weighted by Crippen LogP contribution is -2.16. The summed E-state index contributed by atoms with van der Waals surface area (Å²) in [7, 11) is 1.90. The molecule has 0 saturated carbocycles. The van der Waals surface area contributed by atoms with E-state index in [9.17, 15) is 4.39 Å². The Kier molecular flexibility index (Phi) is 4.20. The van der Waals surface area contributed by atoms with Gasteiger partial charge in [0.2, 0.25) is 0 Å². The number of nitrogens with one attached hydrogen (secondary N) is 1. The zero-order valence-corrected chi connectivity index (χ0v) is 13.0. The number of rotatable bonds is 3. The van der Waals surface area contributed by atoms with Crippen LogP contribution in [0.4, 0.5) is 4.39 Å². The van der Waals surface area contributed by atoms with Crippen LogP contribution in [0.15, 0.2) is 28.1 Å². The van der Waals surface area contributed by atoms with Crippen LogP contribution in [0.1, 0.15) is 27.6 Å². The van der Waals surface area contributed by atoms with E-state index in [2.05, 4.69) is 34.2 Å². The number of hydrogen-bond acceptors (Lipinski definition) is 2. The molecular weight excluding hydrogens is 313 g/mol. The molecule has 0 aliphatic rings. The van der Waals surface area contributed by atoms with Crippen LogP contribution in [0.3, 0.4) is 0 Å². The summed E-state index contributed by atoms with van der Waals surface area (Å²) in [4.78, 5) is 1.19. The summed E-state index contributed by atoms with van der Waals surface area (Å²) in [5.74, 6) is -0.183. The maximum atomic E-state index is 13.5. The Hall–Kier alpha value is -0.710. The molecule has 1 heterocycles. The molecule has 0 spiro atoms. The summed E-state index contributed by atoms with van der Waals surface area (Å²) in [6, 6.07) is 7.33. The zero-order valence-electron chi connectivity index (χ0n) is 10.6. The number of aryl methyl sites for hydroxylation is 2. The summed E-state index contributed by atoms with van der Waals surface area (Å²) < 4.78 is 14.6. The largest absolute Gasteiger partial charge is 0.309 e. The minimum absolute atomic E-state index is 0.0365. The van der Waals surface area contributed by atoms with Crippen molar-refractivity contribution in [2.24, 2.45) is 0 Å². The average Bonchev–Trinajstić information content (AvgIpc) is 2.58. The molecule has 0 aliphatic carbocycles. The van der Waals surface area contributed by atoms with Crippen molar-refractivity contribution in [3.05, 3.63) is 55.4 Å². The molecule has 0 saturated heterocycles. The van der Waals surface area contributed by atoms with Gasteiger partial charge in [0.15, 0.2) is 0 Å². The van der Waals surface area contributed by atoms with Crippen molar-refractivity contribution in [1.29, 1.82) is 0 Å². The van der Waals surface area contributed by atoms with E-state index >= 15 is 0 Å². The fraction of sp³-hybridized carbons (Fsp3) is 0.286. The fourth-order valence-corrected chi connectivity index (χ4v) is 3.74. The van der Waals surface area contributed by atoms with Crippen molar-refractivity contribution >= 4 is 27.3 Å². The monoisotopic (exact) mass is 327 g/mol. The van der Waals surface area contributed by atoms with Crippen molar-refractivity contribution in [3.63, 3.8) is 0 Å². The molecule has 2 rings (SSSR count). The highest BCUT2D eigenvalue weighted by Gasteiger charge is 2.16. The van der Waals surface area contributed by atoms with Crippen LogP contribution in [0.2, 0.25) is 0 Å². The van der Waals surface area contributed by atoms with Crippen LogP contribution < -0.4 is 5.32 Å². The van der Waals surface area contributed by atoms with Crippen LogP contribution in [0, 0.1) is 19.7 Å². The van der Waals surface area contributed by atoms with Gasteiger partial charge < -0.3 is 5.32 Å². The van der Waals surface area contributed by atoms with Crippen molar-refractivity contribution in [2.45, 2.75) is 19.9 Å². The molecule has 4 heteroatoms. The molecule has 18 heavy (non-hydrogen) atoms. The van der Waals surface area contributed by atoms with Gasteiger partial charge in [-0.15, -0.1) is 11.3 Å². The van der Waals surface area contributed by atoms with E-state index in [1.165, 1.54) is 10.4 Å². The SMILES string of the molecule is CNC(c1cc(C)cc(F)c1)c1cc(C)c(Br)s1. The predicted molar refractivity (Wildman–Crippen MR) is 78.8 cm³/mol. The molecule has 96 valence electrons. The van der Waals surface area contributed by atoms with Crippen LogP contribution in [-0.4, -0.2) is 7.05 Å². The van der Waals surface area contributed by atoms with E-state index in [4.69, 9.17) is 0 Å². The van der Waals surface area contributed by atoms with Gasteiger partial charge in [0.25, 0.3) is 0 Å².